The van der Waals surface area contributed by atoms with Crippen LogP contribution in [0.2, 0.25) is 5.02 Å². The van der Waals surface area contributed by atoms with E-state index in [0.717, 1.165) is 4.90 Å². The fraction of sp³-hybridized carbons (Fsp3) is 0.0769. The second-order valence-electron chi connectivity index (χ2n) is 7.78. The average Bonchev–Trinajstić information content (AvgIpc) is 2.84. The minimum Gasteiger partial charge on any atom is -0.484 e. The molecule has 182 valence electrons. The standard InChI is InChI=1S/C26H19ClFN3O5/c1-15-9-10-17(27)13-22(15)31-25(34)19(24(33)30-26(31)35)12-16-5-4-6-18(11-16)36-14-23(32)29-21-8-3-2-7-20(21)28/h2-13H,14H2,1H3,(H,29,32)(H,30,33,35)/b19-12+. The second kappa shape index (κ2) is 10.4. The van der Waals surface area contributed by atoms with Crippen molar-refractivity contribution in [2.75, 3.05) is 16.8 Å². The van der Waals surface area contributed by atoms with Crippen molar-refractivity contribution in [2.45, 2.75) is 6.92 Å². The molecule has 5 amide bonds. The molecule has 0 saturated carbocycles. The maximum Gasteiger partial charge on any atom is 0.335 e. The van der Waals surface area contributed by atoms with Crippen LogP contribution in [0.1, 0.15) is 11.1 Å². The van der Waals surface area contributed by atoms with E-state index in [0.29, 0.717) is 16.1 Å². The molecule has 0 aromatic heterocycles. The molecule has 0 unspecified atom stereocenters. The number of carbonyl (C=O) groups is 4. The van der Waals surface area contributed by atoms with E-state index in [2.05, 4.69) is 10.6 Å². The van der Waals surface area contributed by atoms with Gasteiger partial charge in [-0.05, 0) is 60.5 Å². The minimum atomic E-state index is -0.884. The Hall–Kier alpha value is -4.50. The number of nitrogens with zero attached hydrogens (tertiary/aromatic N) is 1. The largest absolute Gasteiger partial charge is 0.484 e. The molecule has 0 atom stereocenters. The number of barbiturate groups is 1. The third-order valence-corrected chi connectivity index (χ3v) is 5.44. The molecular formula is C26H19ClFN3O5. The highest BCUT2D eigenvalue weighted by molar-refractivity contribution is 6.39. The Morgan fingerprint density at radius 3 is 2.64 bits per heavy atom. The highest BCUT2D eigenvalue weighted by atomic mass is 35.5. The highest BCUT2D eigenvalue weighted by Crippen LogP contribution is 2.28. The maximum absolute atomic E-state index is 13.7. The van der Waals surface area contributed by atoms with Gasteiger partial charge in [0.05, 0.1) is 11.4 Å². The van der Waals surface area contributed by atoms with Crippen molar-refractivity contribution in [3.63, 3.8) is 0 Å². The first-order valence-corrected chi connectivity index (χ1v) is 11.1. The zero-order valence-corrected chi connectivity index (χ0v) is 19.6. The molecule has 1 aliphatic heterocycles. The van der Waals surface area contributed by atoms with E-state index in [-0.39, 0.29) is 22.7 Å². The summed E-state index contributed by atoms with van der Waals surface area (Å²) >= 11 is 6.04. The lowest BCUT2D eigenvalue weighted by Crippen LogP contribution is -2.54. The summed E-state index contributed by atoms with van der Waals surface area (Å²) in [5, 5.41) is 4.89. The number of amides is 5. The van der Waals surface area contributed by atoms with Crippen LogP contribution in [0.5, 0.6) is 5.75 Å². The average molecular weight is 508 g/mol. The van der Waals surface area contributed by atoms with E-state index < -0.39 is 36.2 Å². The molecule has 4 rings (SSSR count). The summed E-state index contributed by atoms with van der Waals surface area (Å²) in [6.07, 6.45) is 1.31. The van der Waals surface area contributed by atoms with E-state index in [9.17, 15) is 23.6 Å². The van der Waals surface area contributed by atoms with Crippen molar-refractivity contribution in [3.8, 4) is 5.75 Å². The summed E-state index contributed by atoms with van der Waals surface area (Å²) < 4.78 is 19.2. The third-order valence-electron chi connectivity index (χ3n) is 5.20. The normalized spacial score (nSPS) is 14.6. The number of hydrogen-bond acceptors (Lipinski definition) is 5. The molecule has 10 heteroatoms. The number of carbonyl (C=O) groups excluding carboxylic acids is 4. The molecule has 3 aromatic carbocycles. The molecule has 2 N–H and O–H groups in total. The monoisotopic (exact) mass is 507 g/mol. The van der Waals surface area contributed by atoms with E-state index in [1.807, 2.05) is 0 Å². The fourth-order valence-electron chi connectivity index (χ4n) is 3.46. The second-order valence-corrected chi connectivity index (χ2v) is 8.21. The predicted molar refractivity (Wildman–Crippen MR) is 132 cm³/mol. The van der Waals surface area contributed by atoms with Crippen molar-refractivity contribution in [1.82, 2.24) is 5.32 Å². The number of aryl methyl sites for hydroxylation is 1. The van der Waals surface area contributed by atoms with Crippen molar-refractivity contribution < 1.29 is 28.3 Å². The zero-order valence-electron chi connectivity index (χ0n) is 18.9. The Morgan fingerprint density at radius 1 is 1.08 bits per heavy atom. The first-order chi connectivity index (χ1) is 17.2. The van der Waals surface area contributed by atoms with Gasteiger partial charge in [-0.1, -0.05) is 41.9 Å². The molecule has 0 aliphatic carbocycles. The van der Waals surface area contributed by atoms with Crippen LogP contribution < -0.4 is 20.3 Å². The Labute approximate surface area is 210 Å². The maximum atomic E-state index is 13.7. The van der Waals surface area contributed by atoms with Gasteiger partial charge < -0.3 is 10.1 Å². The van der Waals surface area contributed by atoms with Gasteiger partial charge in [0.15, 0.2) is 6.61 Å². The molecule has 36 heavy (non-hydrogen) atoms. The molecule has 0 spiro atoms. The first kappa shape index (κ1) is 24.6. The van der Waals surface area contributed by atoms with Gasteiger partial charge in [0, 0.05) is 5.02 Å². The summed E-state index contributed by atoms with van der Waals surface area (Å²) in [5.41, 5.74) is 1.03. The summed E-state index contributed by atoms with van der Waals surface area (Å²) in [5.74, 6) is -2.54. The smallest absolute Gasteiger partial charge is 0.335 e. The van der Waals surface area contributed by atoms with Gasteiger partial charge in [-0.3, -0.25) is 19.7 Å². The van der Waals surface area contributed by atoms with Gasteiger partial charge >= 0.3 is 6.03 Å². The van der Waals surface area contributed by atoms with E-state index >= 15 is 0 Å². The van der Waals surface area contributed by atoms with Gasteiger partial charge in [-0.2, -0.15) is 0 Å². The molecule has 0 bridgehead atoms. The van der Waals surface area contributed by atoms with Crippen molar-refractivity contribution in [2.24, 2.45) is 0 Å². The Balaban J connectivity index is 1.52. The molecule has 0 radical (unpaired) electrons. The number of hydrogen-bond donors (Lipinski definition) is 2. The number of halogens is 2. The van der Waals surface area contributed by atoms with Crippen LogP contribution in [-0.4, -0.2) is 30.4 Å². The van der Waals surface area contributed by atoms with Gasteiger partial charge in [0.25, 0.3) is 17.7 Å². The molecule has 8 nitrogen and oxygen atoms in total. The van der Waals surface area contributed by atoms with Crippen LogP contribution in [0.25, 0.3) is 6.08 Å². The van der Waals surface area contributed by atoms with Gasteiger partial charge in [0.2, 0.25) is 0 Å². The highest BCUT2D eigenvalue weighted by Gasteiger charge is 2.37. The zero-order chi connectivity index (χ0) is 25.8. The third kappa shape index (κ3) is 5.42. The molecule has 1 heterocycles. The lowest BCUT2D eigenvalue weighted by atomic mass is 10.1. The number of para-hydroxylation sites is 1. The van der Waals surface area contributed by atoms with E-state index in [4.69, 9.17) is 16.3 Å². The van der Waals surface area contributed by atoms with Crippen LogP contribution in [0.15, 0.2) is 72.3 Å². The van der Waals surface area contributed by atoms with Gasteiger partial charge in [-0.25, -0.2) is 14.1 Å². The molecule has 1 saturated heterocycles. The minimum absolute atomic E-state index is 0.0282. The molecule has 1 fully saturated rings. The SMILES string of the molecule is Cc1ccc(Cl)cc1N1C(=O)NC(=O)/C(=C\c2cccc(OCC(=O)Nc3ccccc3F)c2)C1=O. The Morgan fingerprint density at radius 2 is 1.86 bits per heavy atom. The number of ether oxygens (including phenoxy) is 1. The fourth-order valence-corrected chi connectivity index (χ4v) is 3.62. The van der Waals surface area contributed by atoms with Crippen molar-refractivity contribution in [3.05, 3.63) is 94.3 Å². The van der Waals surface area contributed by atoms with Crippen molar-refractivity contribution in [1.29, 1.82) is 0 Å². The summed E-state index contributed by atoms with van der Waals surface area (Å²) in [6.45, 7) is 1.30. The van der Waals surface area contributed by atoms with Gasteiger partial charge in [-0.15, -0.1) is 0 Å². The molecule has 3 aromatic rings. The Kier molecular flexibility index (Phi) is 7.12. The quantitative estimate of drug-likeness (QED) is 0.378. The number of anilines is 2. The van der Waals surface area contributed by atoms with Crippen LogP contribution in [-0.2, 0) is 14.4 Å². The van der Waals surface area contributed by atoms with E-state index in [1.165, 1.54) is 36.4 Å². The van der Waals surface area contributed by atoms with E-state index in [1.54, 1.807) is 43.3 Å². The summed E-state index contributed by atoms with van der Waals surface area (Å²) in [6, 6.07) is 15.9. The van der Waals surface area contributed by atoms with Crippen LogP contribution in [0.4, 0.5) is 20.6 Å². The topological polar surface area (TPSA) is 105 Å². The number of benzene rings is 3. The molecule has 1 aliphatic rings. The number of rotatable bonds is 6. The van der Waals surface area contributed by atoms with Crippen LogP contribution >= 0.6 is 11.6 Å². The number of nitrogens with one attached hydrogen (secondary N) is 2. The lowest BCUT2D eigenvalue weighted by Gasteiger charge is -2.27. The van der Waals surface area contributed by atoms with Crippen molar-refractivity contribution >= 4 is 52.8 Å². The number of urea groups is 1. The summed E-state index contributed by atoms with van der Waals surface area (Å²) in [4.78, 5) is 51.0. The van der Waals surface area contributed by atoms with Gasteiger partial charge in [0.1, 0.15) is 17.1 Å². The predicted octanol–water partition coefficient (Wildman–Crippen LogP) is 4.47. The number of imide groups is 2. The lowest BCUT2D eigenvalue weighted by molar-refractivity contribution is -0.122. The van der Waals surface area contributed by atoms with Crippen LogP contribution in [0, 0.1) is 12.7 Å². The molecular weight excluding hydrogens is 489 g/mol. The van der Waals surface area contributed by atoms with Crippen LogP contribution in [0.3, 0.4) is 0 Å². The summed E-state index contributed by atoms with van der Waals surface area (Å²) in [7, 11) is 0. The Bertz CT molecular complexity index is 1420. The first-order valence-electron chi connectivity index (χ1n) is 10.7.